The van der Waals surface area contributed by atoms with Crippen molar-refractivity contribution in [2.24, 2.45) is 0 Å². The van der Waals surface area contributed by atoms with Crippen molar-refractivity contribution in [2.45, 2.75) is 19.7 Å². The maximum atomic E-state index is 13.4. The number of rotatable bonds is 9. The highest BCUT2D eigenvalue weighted by Gasteiger charge is 2.30. The highest BCUT2D eigenvalue weighted by Crippen LogP contribution is 2.35. The molecule has 0 atom stereocenters. The van der Waals surface area contributed by atoms with E-state index in [0.29, 0.717) is 33.9 Å². The molecule has 4 rings (SSSR count). The van der Waals surface area contributed by atoms with Gasteiger partial charge in [0, 0.05) is 0 Å². The lowest BCUT2D eigenvalue weighted by molar-refractivity contribution is -0.139. The van der Waals surface area contributed by atoms with Gasteiger partial charge in [-0.25, -0.2) is 4.79 Å². The van der Waals surface area contributed by atoms with Crippen LogP contribution in [0.15, 0.2) is 84.9 Å². The van der Waals surface area contributed by atoms with E-state index < -0.39 is 24.3 Å². The van der Waals surface area contributed by atoms with Gasteiger partial charge >= 0.3 is 12.1 Å². The summed E-state index contributed by atoms with van der Waals surface area (Å²) in [5, 5.41) is 8.81. The fourth-order valence-electron chi connectivity index (χ4n) is 3.95. The van der Waals surface area contributed by atoms with Gasteiger partial charge in [-0.15, -0.1) is 0 Å². The van der Waals surface area contributed by atoms with E-state index in [1.807, 2.05) is 36.4 Å². The van der Waals surface area contributed by atoms with E-state index in [-0.39, 0.29) is 6.61 Å². The van der Waals surface area contributed by atoms with Crippen LogP contribution in [0.3, 0.4) is 0 Å². The van der Waals surface area contributed by atoms with Crippen molar-refractivity contribution in [1.29, 1.82) is 0 Å². The second kappa shape index (κ2) is 11.3. The van der Waals surface area contributed by atoms with Crippen LogP contribution in [-0.4, -0.2) is 24.8 Å². The molecule has 0 heterocycles. The van der Waals surface area contributed by atoms with Gasteiger partial charge in [0.25, 0.3) is 0 Å². The Morgan fingerprint density at radius 3 is 2.11 bits per heavy atom. The molecule has 0 aliphatic heterocycles. The molecule has 196 valence electrons. The zero-order valence-electron chi connectivity index (χ0n) is 20.7. The van der Waals surface area contributed by atoms with Crippen molar-refractivity contribution < 1.29 is 37.3 Å². The molecular weight excluding hydrogens is 497 g/mol. The summed E-state index contributed by atoms with van der Waals surface area (Å²) in [6.45, 7) is 1.49. The molecular formula is C30H25F3O5. The number of methoxy groups -OCH3 is 1. The average Bonchev–Trinajstić information content (AvgIpc) is 2.91. The van der Waals surface area contributed by atoms with E-state index in [0.717, 1.165) is 28.8 Å². The van der Waals surface area contributed by atoms with Crippen LogP contribution in [-0.2, 0) is 17.6 Å². The number of aryl methyl sites for hydroxylation is 1. The van der Waals surface area contributed by atoms with Crippen molar-refractivity contribution in [2.75, 3.05) is 13.7 Å². The summed E-state index contributed by atoms with van der Waals surface area (Å²) < 4.78 is 56.6. The lowest BCUT2D eigenvalue weighted by Crippen LogP contribution is -2.10. The van der Waals surface area contributed by atoms with Gasteiger partial charge in [-0.2, -0.15) is 13.2 Å². The SMILES string of the molecule is COc1ccc(-c2cc(COc3ccc(OCC(=O)O)c(C)c3)cc(-c3cccc(C(F)(F)F)c3)c2)cc1. The molecule has 4 aromatic carbocycles. The maximum absolute atomic E-state index is 13.4. The molecule has 0 bridgehead atoms. The summed E-state index contributed by atoms with van der Waals surface area (Å²) in [7, 11) is 1.57. The molecule has 5 nitrogen and oxygen atoms in total. The minimum Gasteiger partial charge on any atom is -0.497 e. The van der Waals surface area contributed by atoms with E-state index in [9.17, 15) is 18.0 Å². The highest BCUT2D eigenvalue weighted by molar-refractivity contribution is 5.75. The Labute approximate surface area is 218 Å². The molecule has 38 heavy (non-hydrogen) atoms. The summed E-state index contributed by atoms with van der Waals surface area (Å²) in [6, 6.07) is 23.2. The smallest absolute Gasteiger partial charge is 0.416 e. The monoisotopic (exact) mass is 522 g/mol. The van der Waals surface area contributed by atoms with Gasteiger partial charge < -0.3 is 19.3 Å². The maximum Gasteiger partial charge on any atom is 0.416 e. The van der Waals surface area contributed by atoms with Gasteiger partial charge in [0.05, 0.1) is 12.7 Å². The number of carbonyl (C=O) groups is 1. The third-order valence-corrected chi connectivity index (χ3v) is 5.84. The molecule has 0 fully saturated rings. The van der Waals surface area contributed by atoms with Gasteiger partial charge in [-0.3, -0.25) is 0 Å². The predicted octanol–water partition coefficient (Wildman–Crippen LogP) is 7.40. The second-order valence-electron chi connectivity index (χ2n) is 8.62. The summed E-state index contributed by atoms with van der Waals surface area (Å²) in [5.74, 6) is 0.601. The van der Waals surface area contributed by atoms with Crippen LogP contribution in [0.4, 0.5) is 13.2 Å². The molecule has 0 radical (unpaired) electrons. The molecule has 0 aliphatic carbocycles. The minimum atomic E-state index is -4.45. The van der Waals surface area contributed by atoms with E-state index in [1.165, 1.54) is 6.07 Å². The first-order valence-electron chi connectivity index (χ1n) is 11.7. The third kappa shape index (κ3) is 6.64. The molecule has 0 amide bonds. The normalized spacial score (nSPS) is 11.2. The number of carboxylic acids is 1. The van der Waals surface area contributed by atoms with Crippen molar-refractivity contribution in [3.05, 3.63) is 102 Å². The number of benzene rings is 4. The van der Waals surface area contributed by atoms with Crippen LogP contribution < -0.4 is 14.2 Å². The number of hydrogen-bond donors (Lipinski definition) is 1. The molecule has 0 unspecified atom stereocenters. The number of carboxylic acid groups (broad SMARTS) is 1. The minimum absolute atomic E-state index is 0.157. The van der Waals surface area contributed by atoms with Gasteiger partial charge in [-0.1, -0.05) is 24.3 Å². The van der Waals surface area contributed by atoms with E-state index >= 15 is 0 Å². The van der Waals surface area contributed by atoms with Gasteiger partial charge in [0.15, 0.2) is 6.61 Å². The number of ether oxygens (including phenoxy) is 3. The lowest BCUT2D eigenvalue weighted by atomic mass is 9.95. The van der Waals surface area contributed by atoms with Crippen molar-refractivity contribution in [3.63, 3.8) is 0 Å². The average molecular weight is 523 g/mol. The largest absolute Gasteiger partial charge is 0.497 e. The fraction of sp³-hybridized carbons (Fsp3) is 0.167. The van der Waals surface area contributed by atoms with Crippen LogP contribution in [0, 0.1) is 6.92 Å². The molecule has 1 N–H and O–H groups in total. The Balaban J connectivity index is 1.65. The van der Waals surface area contributed by atoms with Gasteiger partial charge in [-0.05, 0) is 101 Å². The number of aliphatic carboxylic acids is 1. The zero-order valence-corrected chi connectivity index (χ0v) is 20.7. The highest BCUT2D eigenvalue weighted by atomic mass is 19.4. The number of halogens is 3. The predicted molar refractivity (Wildman–Crippen MR) is 138 cm³/mol. The molecule has 8 heteroatoms. The molecule has 0 aromatic heterocycles. The topological polar surface area (TPSA) is 65.0 Å². The zero-order chi connectivity index (χ0) is 27.3. The molecule has 0 aliphatic rings. The third-order valence-electron chi connectivity index (χ3n) is 5.84. The van der Waals surface area contributed by atoms with Crippen LogP contribution in [0.1, 0.15) is 16.7 Å². The molecule has 4 aromatic rings. The number of hydrogen-bond acceptors (Lipinski definition) is 4. The lowest BCUT2D eigenvalue weighted by Gasteiger charge is -2.14. The summed E-state index contributed by atoms with van der Waals surface area (Å²) in [5.41, 5.74) is 3.49. The van der Waals surface area contributed by atoms with Crippen molar-refractivity contribution >= 4 is 5.97 Å². The Kier molecular flexibility index (Phi) is 7.90. The Morgan fingerprint density at radius 2 is 1.47 bits per heavy atom. The number of alkyl halides is 3. The van der Waals surface area contributed by atoms with Crippen LogP contribution in [0.5, 0.6) is 17.2 Å². The fourth-order valence-corrected chi connectivity index (χ4v) is 3.95. The van der Waals surface area contributed by atoms with Crippen LogP contribution in [0.2, 0.25) is 0 Å². The standard InChI is InChI=1S/C30H25F3O5/c1-19-12-27(10-11-28(19)38-18-29(34)35)37-17-20-13-23(21-6-8-26(36-2)9-7-21)15-24(14-20)22-4-3-5-25(16-22)30(31,32)33/h3-16H,17-18H2,1-2H3,(H,34,35). The summed E-state index contributed by atoms with van der Waals surface area (Å²) in [6.07, 6.45) is -4.45. The van der Waals surface area contributed by atoms with Crippen molar-refractivity contribution in [3.8, 4) is 39.5 Å². The first-order chi connectivity index (χ1) is 18.1. The first kappa shape index (κ1) is 26.6. The Bertz CT molecular complexity index is 1430. The van der Waals surface area contributed by atoms with Crippen LogP contribution >= 0.6 is 0 Å². The van der Waals surface area contributed by atoms with Gasteiger partial charge in [0.2, 0.25) is 0 Å². The molecule has 0 saturated carbocycles. The summed E-state index contributed by atoms with van der Waals surface area (Å²) >= 11 is 0. The summed E-state index contributed by atoms with van der Waals surface area (Å²) in [4.78, 5) is 10.8. The second-order valence-corrected chi connectivity index (χ2v) is 8.62. The van der Waals surface area contributed by atoms with E-state index in [1.54, 1.807) is 44.4 Å². The van der Waals surface area contributed by atoms with Gasteiger partial charge in [0.1, 0.15) is 23.9 Å². The van der Waals surface area contributed by atoms with Crippen LogP contribution in [0.25, 0.3) is 22.3 Å². The molecule has 0 spiro atoms. The van der Waals surface area contributed by atoms with E-state index in [4.69, 9.17) is 19.3 Å². The van der Waals surface area contributed by atoms with E-state index in [2.05, 4.69) is 0 Å². The first-order valence-corrected chi connectivity index (χ1v) is 11.7. The Hall–Kier alpha value is -4.46. The quantitative estimate of drug-likeness (QED) is 0.248. The van der Waals surface area contributed by atoms with Crippen molar-refractivity contribution in [1.82, 2.24) is 0 Å². The molecule has 0 saturated heterocycles. The Morgan fingerprint density at radius 1 is 0.789 bits per heavy atom.